The maximum absolute atomic E-state index is 8.95. The van der Waals surface area contributed by atoms with Crippen molar-refractivity contribution in [2.75, 3.05) is 5.43 Å². The number of nitriles is 1. The molecule has 1 heterocycles. The van der Waals surface area contributed by atoms with Gasteiger partial charge in [-0.05, 0) is 24.1 Å². The average Bonchev–Trinajstić information content (AvgIpc) is 2.36. The summed E-state index contributed by atoms with van der Waals surface area (Å²) in [5, 5.41) is 9.84. The third-order valence-electron chi connectivity index (χ3n) is 2.61. The average molecular weight is 212 g/mol. The second kappa shape index (κ2) is 4.17. The molecular formula is C12H12N4. The summed E-state index contributed by atoms with van der Waals surface area (Å²) < 4.78 is 0. The number of benzene rings is 1. The van der Waals surface area contributed by atoms with E-state index in [0.717, 1.165) is 17.3 Å². The van der Waals surface area contributed by atoms with Gasteiger partial charge in [0.25, 0.3) is 0 Å². The van der Waals surface area contributed by atoms with Crippen molar-refractivity contribution >= 4 is 16.6 Å². The molecule has 0 unspecified atom stereocenters. The number of aromatic nitrogens is 1. The van der Waals surface area contributed by atoms with Crippen molar-refractivity contribution in [1.29, 1.82) is 5.26 Å². The van der Waals surface area contributed by atoms with Crippen molar-refractivity contribution in [3.63, 3.8) is 0 Å². The van der Waals surface area contributed by atoms with Crippen LogP contribution in [0, 0.1) is 11.3 Å². The van der Waals surface area contributed by atoms with Gasteiger partial charge >= 0.3 is 0 Å². The number of hydrogen-bond acceptors (Lipinski definition) is 4. The van der Waals surface area contributed by atoms with Gasteiger partial charge in [-0.25, -0.2) is 0 Å². The van der Waals surface area contributed by atoms with Crippen molar-refractivity contribution < 1.29 is 0 Å². The van der Waals surface area contributed by atoms with Crippen LogP contribution in [-0.4, -0.2) is 4.98 Å². The lowest BCUT2D eigenvalue weighted by Crippen LogP contribution is -2.09. The molecular weight excluding hydrogens is 200 g/mol. The van der Waals surface area contributed by atoms with E-state index >= 15 is 0 Å². The Labute approximate surface area is 93.7 Å². The fraction of sp³-hybridized carbons (Fsp3) is 0.167. The number of hydrogen-bond donors (Lipinski definition) is 2. The highest BCUT2D eigenvalue weighted by molar-refractivity contribution is 5.94. The molecule has 1 aromatic heterocycles. The highest BCUT2D eigenvalue weighted by atomic mass is 15.2. The topological polar surface area (TPSA) is 74.7 Å². The number of aryl methyl sites for hydroxylation is 1. The number of nitrogens with two attached hydrogens (primary N) is 1. The summed E-state index contributed by atoms with van der Waals surface area (Å²) >= 11 is 0. The van der Waals surface area contributed by atoms with Gasteiger partial charge in [0.2, 0.25) is 0 Å². The van der Waals surface area contributed by atoms with Crippen molar-refractivity contribution in [1.82, 2.24) is 4.98 Å². The molecule has 0 atom stereocenters. The van der Waals surface area contributed by atoms with Gasteiger partial charge in [0.1, 0.15) is 6.07 Å². The molecule has 4 heteroatoms. The number of anilines is 1. The Morgan fingerprint density at radius 3 is 2.94 bits per heavy atom. The van der Waals surface area contributed by atoms with E-state index in [1.54, 1.807) is 0 Å². The van der Waals surface area contributed by atoms with Crippen LogP contribution in [0.15, 0.2) is 24.4 Å². The third-order valence-corrected chi connectivity index (χ3v) is 2.61. The van der Waals surface area contributed by atoms with E-state index in [1.807, 2.05) is 18.2 Å². The molecule has 3 N–H and O–H groups in total. The van der Waals surface area contributed by atoms with E-state index in [4.69, 9.17) is 11.1 Å². The van der Waals surface area contributed by atoms with Gasteiger partial charge in [-0.3, -0.25) is 10.8 Å². The Hall–Kier alpha value is -2.12. The summed E-state index contributed by atoms with van der Waals surface area (Å²) in [6.45, 7) is 2.08. The predicted molar refractivity (Wildman–Crippen MR) is 63.6 cm³/mol. The zero-order chi connectivity index (χ0) is 11.5. The summed E-state index contributed by atoms with van der Waals surface area (Å²) in [7, 11) is 0. The molecule has 0 spiro atoms. The number of rotatable bonds is 2. The van der Waals surface area contributed by atoms with Gasteiger partial charge in [-0.1, -0.05) is 13.0 Å². The van der Waals surface area contributed by atoms with Crippen LogP contribution in [-0.2, 0) is 6.42 Å². The highest BCUT2D eigenvalue weighted by Crippen LogP contribution is 2.25. The predicted octanol–water partition coefficient (Wildman–Crippen LogP) is 1.95. The number of nitrogen functional groups attached to an aromatic ring is 1. The quantitative estimate of drug-likeness (QED) is 0.589. The summed E-state index contributed by atoms with van der Waals surface area (Å²) in [4.78, 5) is 4.22. The first-order valence-corrected chi connectivity index (χ1v) is 5.08. The fourth-order valence-corrected chi connectivity index (χ4v) is 1.70. The second-order valence-corrected chi connectivity index (χ2v) is 3.51. The molecule has 80 valence electrons. The monoisotopic (exact) mass is 212 g/mol. The van der Waals surface area contributed by atoms with Gasteiger partial charge in [-0.2, -0.15) is 5.26 Å². The molecule has 0 bridgehead atoms. The normalized spacial score (nSPS) is 10.1. The number of pyridine rings is 1. The molecule has 1 aromatic carbocycles. The number of nitrogens with zero attached hydrogens (tertiary/aromatic N) is 2. The number of fused-ring (bicyclic) bond motifs is 1. The fourth-order valence-electron chi connectivity index (χ4n) is 1.70. The van der Waals surface area contributed by atoms with E-state index in [2.05, 4.69) is 23.4 Å². The van der Waals surface area contributed by atoms with Crippen molar-refractivity contribution in [2.24, 2.45) is 5.84 Å². The first kappa shape index (κ1) is 10.4. The molecule has 0 aliphatic heterocycles. The van der Waals surface area contributed by atoms with Crippen LogP contribution in [0.4, 0.5) is 5.69 Å². The van der Waals surface area contributed by atoms with Gasteiger partial charge in [0.05, 0.1) is 16.8 Å². The minimum atomic E-state index is 0.461. The Morgan fingerprint density at radius 2 is 2.31 bits per heavy atom. The lowest BCUT2D eigenvalue weighted by molar-refractivity contribution is 1.14. The first-order chi connectivity index (χ1) is 7.80. The van der Waals surface area contributed by atoms with Crippen LogP contribution >= 0.6 is 0 Å². The second-order valence-electron chi connectivity index (χ2n) is 3.51. The number of hydrazine groups is 1. The van der Waals surface area contributed by atoms with Gasteiger partial charge < -0.3 is 5.43 Å². The van der Waals surface area contributed by atoms with Gasteiger partial charge in [0, 0.05) is 11.6 Å². The smallest absolute Gasteiger partial charge is 0.103 e. The van der Waals surface area contributed by atoms with Crippen LogP contribution in [0.25, 0.3) is 10.9 Å². The molecule has 2 aromatic rings. The van der Waals surface area contributed by atoms with Crippen LogP contribution in [0.1, 0.15) is 18.1 Å². The van der Waals surface area contributed by atoms with Crippen LogP contribution in [0.2, 0.25) is 0 Å². The summed E-state index contributed by atoms with van der Waals surface area (Å²) in [5.41, 5.74) is 5.71. The lowest BCUT2D eigenvalue weighted by Gasteiger charge is -2.08. The Balaban J connectivity index is 2.79. The van der Waals surface area contributed by atoms with Crippen LogP contribution in [0.3, 0.4) is 0 Å². The zero-order valence-corrected chi connectivity index (χ0v) is 8.99. The highest BCUT2D eigenvalue weighted by Gasteiger charge is 2.07. The van der Waals surface area contributed by atoms with Crippen molar-refractivity contribution in [2.45, 2.75) is 13.3 Å². The lowest BCUT2D eigenvalue weighted by atomic mass is 10.1. The molecule has 0 aliphatic rings. The number of nitrogens with one attached hydrogen (secondary N) is 1. The van der Waals surface area contributed by atoms with Crippen LogP contribution < -0.4 is 11.3 Å². The summed E-state index contributed by atoms with van der Waals surface area (Å²) in [5.74, 6) is 5.45. The Bertz CT molecular complexity index is 569. The summed E-state index contributed by atoms with van der Waals surface area (Å²) in [6.07, 6.45) is 2.47. The molecule has 0 saturated carbocycles. The van der Waals surface area contributed by atoms with Crippen molar-refractivity contribution in [3.05, 3.63) is 35.5 Å². The van der Waals surface area contributed by atoms with E-state index in [1.165, 1.54) is 11.8 Å². The minimum absolute atomic E-state index is 0.461. The molecule has 0 aliphatic carbocycles. The maximum atomic E-state index is 8.95. The molecule has 0 radical (unpaired) electrons. The zero-order valence-electron chi connectivity index (χ0n) is 8.99. The molecule has 0 saturated heterocycles. The van der Waals surface area contributed by atoms with Gasteiger partial charge in [0.15, 0.2) is 0 Å². The van der Waals surface area contributed by atoms with E-state index < -0.39 is 0 Å². The SMILES string of the molecule is CCc1ccc2ncc(C#N)c(NN)c2c1. The van der Waals surface area contributed by atoms with E-state index in [0.29, 0.717) is 11.3 Å². The van der Waals surface area contributed by atoms with Crippen LogP contribution in [0.5, 0.6) is 0 Å². The molecule has 0 fully saturated rings. The summed E-state index contributed by atoms with van der Waals surface area (Å²) in [6, 6.07) is 8.05. The van der Waals surface area contributed by atoms with E-state index in [9.17, 15) is 0 Å². The minimum Gasteiger partial charge on any atom is -0.322 e. The molecule has 4 nitrogen and oxygen atoms in total. The molecule has 16 heavy (non-hydrogen) atoms. The molecule has 0 amide bonds. The Morgan fingerprint density at radius 1 is 1.50 bits per heavy atom. The standard InChI is InChI=1S/C12H12N4/c1-2-8-3-4-11-10(5-8)12(16-14)9(6-13)7-15-11/h3-5,7H,2,14H2,1H3,(H,15,16). The largest absolute Gasteiger partial charge is 0.322 e. The van der Waals surface area contributed by atoms with E-state index in [-0.39, 0.29) is 0 Å². The maximum Gasteiger partial charge on any atom is 0.103 e. The first-order valence-electron chi connectivity index (χ1n) is 5.08. The van der Waals surface area contributed by atoms with Crippen molar-refractivity contribution in [3.8, 4) is 6.07 Å². The third kappa shape index (κ3) is 1.58. The van der Waals surface area contributed by atoms with Gasteiger partial charge in [-0.15, -0.1) is 0 Å². The molecule has 2 rings (SSSR count). The Kier molecular flexibility index (Phi) is 2.71.